The summed E-state index contributed by atoms with van der Waals surface area (Å²) >= 11 is 0. The number of benzene rings is 3. The number of nitrogens with zero attached hydrogens (tertiary/aromatic N) is 1. The molecular weight excluding hydrogens is 468 g/mol. The summed E-state index contributed by atoms with van der Waals surface area (Å²) in [6.07, 6.45) is 0.698. The second kappa shape index (κ2) is 11.5. The highest BCUT2D eigenvalue weighted by atomic mass is 16.6. The van der Waals surface area contributed by atoms with Gasteiger partial charge in [-0.05, 0) is 54.8 Å². The van der Waals surface area contributed by atoms with Crippen LogP contribution in [0.4, 0.5) is 5.69 Å². The molecule has 3 aromatic carbocycles. The number of nitrogens with one attached hydrogen (secondary N) is 1. The maximum atomic E-state index is 11.5. The van der Waals surface area contributed by atoms with Crippen molar-refractivity contribution in [2.45, 2.75) is 25.0 Å². The average molecular weight is 495 g/mol. The Balaban J connectivity index is 1.30. The molecule has 0 unspecified atom stereocenters. The Morgan fingerprint density at radius 3 is 2.69 bits per heavy atom. The number of nitro groups is 1. The number of rotatable bonds is 11. The van der Waals surface area contributed by atoms with Gasteiger partial charge in [0.1, 0.15) is 47.4 Å². The van der Waals surface area contributed by atoms with Crippen LogP contribution in [0.2, 0.25) is 0 Å². The number of non-ortho nitro benzene ring substituents is 1. The molecule has 0 aliphatic carbocycles. The van der Waals surface area contributed by atoms with Gasteiger partial charge in [0.05, 0.1) is 11.0 Å². The summed E-state index contributed by atoms with van der Waals surface area (Å²) in [5.41, 5.74) is 0.461. The van der Waals surface area contributed by atoms with E-state index >= 15 is 0 Å². The van der Waals surface area contributed by atoms with Crippen LogP contribution in [-0.4, -0.2) is 53.0 Å². The molecule has 3 N–H and O–H groups in total. The van der Waals surface area contributed by atoms with Crippen LogP contribution < -0.4 is 19.5 Å². The van der Waals surface area contributed by atoms with E-state index in [1.54, 1.807) is 18.2 Å². The fourth-order valence-corrected chi connectivity index (χ4v) is 3.82. The molecule has 0 spiro atoms. The average Bonchev–Trinajstić information content (AvgIpc) is 2.88. The number of fused-ring (bicyclic) bond motifs is 1. The number of para-hydroxylation sites is 1. The first-order valence-electron chi connectivity index (χ1n) is 11.4. The lowest BCUT2D eigenvalue weighted by atomic mass is 10.0. The highest BCUT2D eigenvalue weighted by Crippen LogP contribution is 2.34. The number of aromatic carboxylic acids is 1. The van der Waals surface area contributed by atoms with Crippen LogP contribution in [0.25, 0.3) is 0 Å². The van der Waals surface area contributed by atoms with Gasteiger partial charge in [-0.2, -0.15) is 0 Å². The molecule has 10 nitrogen and oxygen atoms in total. The molecule has 0 aromatic heterocycles. The number of carboxylic acids is 1. The van der Waals surface area contributed by atoms with Gasteiger partial charge in [-0.1, -0.05) is 18.2 Å². The van der Waals surface area contributed by atoms with Crippen LogP contribution in [0.15, 0.2) is 66.7 Å². The van der Waals surface area contributed by atoms with Crippen LogP contribution in [0.3, 0.4) is 0 Å². The highest BCUT2D eigenvalue weighted by Gasteiger charge is 2.22. The molecule has 2 atom stereocenters. The smallest absolute Gasteiger partial charge is 0.339 e. The first-order chi connectivity index (χ1) is 17.4. The summed E-state index contributed by atoms with van der Waals surface area (Å²) in [7, 11) is 0. The third kappa shape index (κ3) is 6.49. The minimum atomic E-state index is -1.24. The topological polar surface area (TPSA) is 140 Å². The monoisotopic (exact) mass is 494 g/mol. The van der Waals surface area contributed by atoms with Gasteiger partial charge in [-0.25, -0.2) is 4.79 Å². The van der Waals surface area contributed by atoms with Crippen molar-refractivity contribution < 1.29 is 34.1 Å². The van der Waals surface area contributed by atoms with Gasteiger partial charge in [0.25, 0.3) is 5.69 Å². The molecular formula is C26H26N2O8. The molecule has 0 bridgehead atoms. The van der Waals surface area contributed by atoms with Gasteiger partial charge in [0.15, 0.2) is 0 Å². The van der Waals surface area contributed by atoms with Crippen LogP contribution in [0.5, 0.6) is 23.0 Å². The van der Waals surface area contributed by atoms with Crippen LogP contribution >= 0.6 is 0 Å². The van der Waals surface area contributed by atoms with Crippen molar-refractivity contribution in [2.24, 2.45) is 0 Å². The van der Waals surface area contributed by atoms with Gasteiger partial charge in [-0.15, -0.1) is 0 Å². The molecule has 4 rings (SSSR count). The number of aliphatic hydroxyl groups is 1. The Labute approximate surface area is 207 Å². The van der Waals surface area contributed by atoms with Crippen LogP contribution in [0.1, 0.15) is 22.3 Å². The summed E-state index contributed by atoms with van der Waals surface area (Å²) in [5.74, 6) is 0.402. The van der Waals surface area contributed by atoms with Crippen molar-refractivity contribution in [1.82, 2.24) is 5.32 Å². The molecule has 0 radical (unpaired) electrons. The molecule has 36 heavy (non-hydrogen) atoms. The zero-order valence-corrected chi connectivity index (χ0v) is 19.3. The quantitative estimate of drug-likeness (QED) is 0.268. The molecule has 10 heteroatoms. The Kier molecular flexibility index (Phi) is 7.99. The zero-order valence-electron chi connectivity index (χ0n) is 19.3. The van der Waals surface area contributed by atoms with Gasteiger partial charge in [0.2, 0.25) is 0 Å². The predicted molar refractivity (Wildman–Crippen MR) is 130 cm³/mol. The molecule has 0 fully saturated rings. The van der Waals surface area contributed by atoms with Crippen molar-refractivity contribution in [3.8, 4) is 23.0 Å². The van der Waals surface area contributed by atoms with E-state index in [1.165, 1.54) is 0 Å². The van der Waals surface area contributed by atoms with Crippen molar-refractivity contribution >= 4 is 11.7 Å². The van der Waals surface area contributed by atoms with E-state index < -0.39 is 17.0 Å². The number of hydrogen-bond donors (Lipinski definition) is 3. The Morgan fingerprint density at radius 2 is 1.94 bits per heavy atom. The fourth-order valence-electron chi connectivity index (χ4n) is 3.82. The van der Waals surface area contributed by atoms with E-state index in [4.69, 9.17) is 14.2 Å². The number of aliphatic hydroxyl groups excluding tert-OH is 1. The molecule has 0 amide bonds. The number of hydrogen-bond acceptors (Lipinski definition) is 8. The van der Waals surface area contributed by atoms with E-state index in [0.717, 1.165) is 30.2 Å². The number of carboxylic acid groups (broad SMARTS) is 1. The third-order valence-corrected chi connectivity index (χ3v) is 5.63. The Morgan fingerprint density at radius 1 is 1.14 bits per heavy atom. The SMILES string of the molecule is O=C(O)c1ccc([N+](=O)[O-])cc1Oc1ccc2c(c1)CC[C@H](CNC[C@H](O)COc1ccccc1)O2. The van der Waals surface area contributed by atoms with Crippen molar-refractivity contribution in [2.75, 3.05) is 19.7 Å². The molecule has 1 heterocycles. The van der Waals surface area contributed by atoms with Gasteiger partial charge in [0, 0.05) is 19.2 Å². The Hall–Kier alpha value is -4.15. The van der Waals surface area contributed by atoms with Gasteiger partial charge < -0.3 is 29.7 Å². The van der Waals surface area contributed by atoms with Gasteiger partial charge in [-0.3, -0.25) is 10.1 Å². The lowest BCUT2D eigenvalue weighted by molar-refractivity contribution is -0.384. The fraction of sp³-hybridized carbons (Fsp3) is 0.269. The standard InChI is InChI=1S/C26H26N2O8/c29-19(16-34-20-4-2-1-3-5-20)14-27-15-22-8-6-17-12-21(9-11-24(17)36-22)35-25-13-18(28(32)33)7-10-23(25)26(30)31/h1-5,7,9-13,19,22,27,29H,6,8,14-16H2,(H,30,31)/t19-,22+/m0/s1. The summed E-state index contributed by atoms with van der Waals surface area (Å²) < 4.78 is 17.3. The minimum Gasteiger partial charge on any atom is -0.491 e. The van der Waals surface area contributed by atoms with E-state index in [-0.39, 0.29) is 29.7 Å². The number of aryl methyl sites for hydroxylation is 1. The summed E-state index contributed by atoms with van der Waals surface area (Å²) in [4.78, 5) is 22.0. The van der Waals surface area contributed by atoms with Crippen LogP contribution in [0, 0.1) is 10.1 Å². The molecule has 188 valence electrons. The summed E-state index contributed by atoms with van der Waals surface area (Å²) in [5, 5.41) is 33.8. The van der Waals surface area contributed by atoms with Crippen molar-refractivity contribution in [3.63, 3.8) is 0 Å². The van der Waals surface area contributed by atoms with Gasteiger partial charge >= 0.3 is 5.97 Å². The second-order valence-corrected chi connectivity index (χ2v) is 8.33. The lowest BCUT2D eigenvalue weighted by Gasteiger charge is -2.27. The first kappa shape index (κ1) is 25.0. The highest BCUT2D eigenvalue weighted by molar-refractivity contribution is 5.91. The maximum absolute atomic E-state index is 11.5. The summed E-state index contributed by atoms with van der Waals surface area (Å²) in [6.45, 7) is 1.10. The second-order valence-electron chi connectivity index (χ2n) is 8.33. The predicted octanol–water partition coefficient (Wildman–Crippen LogP) is 3.81. The van der Waals surface area contributed by atoms with Crippen molar-refractivity contribution in [1.29, 1.82) is 0 Å². The van der Waals surface area contributed by atoms with E-state index in [0.29, 0.717) is 36.8 Å². The maximum Gasteiger partial charge on any atom is 0.339 e. The number of nitro benzene ring substituents is 1. The minimum absolute atomic E-state index is 0.0816. The van der Waals surface area contributed by atoms with Crippen LogP contribution in [-0.2, 0) is 6.42 Å². The largest absolute Gasteiger partial charge is 0.491 e. The Bertz CT molecular complexity index is 1220. The molecule has 3 aromatic rings. The van der Waals surface area contributed by atoms with Crippen molar-refractivity contribution in [3.05, 3.63) is 88.0 Å². The number of carbonyl (C=O) groups is 1. The zero-order chi connectivity index (χ0) is 25.5. The van der Waals surface area contributed by atoms with E-state index in [1.807, 2.05) is 30.3 Å². The lowest BCUT2D eigenvalue weighted by Crippen LogP contribution is -2.39. The normalized spacial score (nSPS) is 15.3. The molecule has 1 aliphatic rings. The molecule has 0 saturated carbocycles. The number of ether oxygens (including phenoxy) is 3. The first-order valence-corrected chi connectivity index (χ1v) is 11.4. The van der Waals surface area contributed by atoms with E-state index in [9.17, 15) is 25.1 Å². The molecule has 1 aliphatic heterocycles. The molecule has 0 saturated heterocycles. The third-order valence-electron chi connectivity index (χ3n) is 5.63. The summed E-state index contributed by atoms with van der Waals surface area (Å²) in [6, 6.07) is 17.8. The van der Waals surface area contributed by atoms with E-state index in [2.05, 4.69) is 5.32 Å².